The summed E-state index contributed by atoms with van der Waals surface area (Å²) in [6.07, 6.45) is 4.85. The van der Waals surface area contributed by atoms with E-state index in [9.17, 15) is 4.79 Å². The lowest BCUT2D eigenvalue weighted by Gasteiger charge is -2.41. The number of carbonyl (C=O) groups excluding carboxylic acids is 1. The molecule has 0 radical (unpaired) electrons. The summed E-state index contributed by atoms with van der Waals surface area (Å²) < 4.78 is 0. The monoisotopic (exact) mass is 286 g/mol. The highest BCUT2D eigenvalue weighted by Gasteiger charge is 2.29. The van der Waals surface area contributed by atoms with E-state index >= 15 is 0 Å². The summed E-state index contributed by atoms with van der Waals surface area (Å²) in [5.74, 6) is 0.969. The van der Waals surface area contributed by atoms with E-state index < -0.39 is 0 Å². The van der Waals surface area contributed by atoms with Crippen molar-refractivity contribution in [2.75, 3.05) is 26.2 Å². The summed E-state index contributed by atoms with van der Waals surface area (Å²) in [4.78, 5) is 16.1. The van der Waals surface area contributed by atoms with E-state index in [1.54, 1.807) is 6.92 Å². The summed E-state index contributed by atoms with van der Waals surface area (Å²) >= 11 is 0. The summed E-state index contributed by atoms with van der Waals surface area (Å²) in [7, 11) is 0. The average Bonchev–Trinajstić information content (AvgIpc) is 2.56. The molecule has 0 aromatic heterocycles. The third kappa shape index (κ3) is 3.46. The highest BCUT2D eigenvalue weighted by atomic mass is 16.2. The minimum atomic E-state index is 0.233. The molecule has 2 heterocycles. The van der Waals surface area contributed by atoms with Crippen molar-refractivity contribution in [3.05, 3.63) is 35.9 Å². The van der Waals surface area contributed by atoms with Gasteiger partial charge in [0, 0.05) is 26.1 Å². The molecule has 3 rings (SSSR count). The van der Waals surface area contributed by atoms with Crippen molar-refractivity contribution in [2.24, 2.45) is 0 Å². The molecule has 2 saturated heterocycles. The zero-order chi connectivity index (χ0) is 14.7. The van der Waals surface area contributed by atoms with Gasteiger partial charge in [0.15, 0.2) is 0 Å². The quantitative estimate of drug-likeness (QED) is 0.834. The summed E-state index contributed by atoms with van der Waals surface area (Å²) in [6.45, 7) is 6.00. The lowest BCUT2D eigenvalue weighted by Crippen LogP contribution is -2.48. The molecule has 0 N–H and O–H groups in total. The Morgan fingerprint density at radius 3 is 2.14 bits per heavy atom. The first kappa shape index (κ1) is 14.6. The van der Waals surface area contributed by atoms with Crippen LogP contribution < -0.4 is 0 Å². The number of likely N-dealkylation sites (tertiary alicyclic amines) is 2. The second kappa shape index (κ2) is 6.61. The Morgan fingerprint density at radius 2 is 1.57 bits per heavy atom. The largest absolute Gasteiger partial charge is 0.343 e. The van der Waals surface area contributed by atoms with E-state index in [0.717, 1.165) is 31.8 Å². The molecular weight excluding hydrogens is 260 g/mol. The fraction of sp³-hybridized carbons (Fsp3) is 0.611. The minimum Gasteiger partial charge on any atom is -0.343 e. The van der Waals surface area contributed by atoms with Gasteiger partial charge in [0.25, 0.3) is 0 Å². The highest BCUT2D eigenvalue weighted by molar-refractivity contribution is 5.73. The number of hydrogen-bond acceptors (Lipinski definition) is 2. The number of rotatable bonds is 2. The van der Waals surface area contributed by atoms with Crippen molar-refractivity contribution in [1.29, 1.82) is 0 Å². The summed E-state index contributed by atoms with van der Waals surface area (Å²) in [6, 6.07) is 11.6. The van der Waals surface area contributed by atoms with Gasteiger partial charge >= 0.3 is 0 Å². The number of carbonyl (C=O) groups is 1. The predicted molar refractivity (Wildman–Crippen MR) is 85.3 cm³/mol. The van der Waals surface area contributed by atoms with Gasteiger partial charge < -0.3 is 9.80 Å². The van der Waals surface area contributed by atoms with Crippen LogP contribution in [0.3, 0.4) is 0 Å². The van der Waals surface area contributed by atoms with Crippen LogP contribution in [-0.2, 0) is 4.79 Å². The fourth-order valence-corrected chi connectivity index (χ4v) is 3.87. The molecule has 0 atom stereocenters. The van der Waals surface area contributed by atoms with Crippen LogP contribution in [0.4, 0.5) is 0 Å². The lowest BCUT2D eigenvalue weighted by molar-refractivity contribution is -0.130. The van der Waals surface area contributed by atoms with Crippen LogP contribution in [0.5, 0.6) is 0 Å². The van der Waals surface area contributed by atoms with Gasteiger partial charge in [-0.15, -0.1) is 0 Å². The maximum Gasteiger partial charge on any atom is 0.219 e. The maximum atomic E-state index is 11.4. The molecule has 3 nitrogen and oxygen atoms in total. The first-order chi connectivity index (χ1) is 10.2. The standard InChI is InChI=1S/C18H26N2O/c1-15(21)19-13-9-18(10-14-19)20-11-7-17(8-12-20)16-5-3-2-4-6-16/h2-6,17-18H,7-14H2,1H3. The van der Waals surface area contributed by atoms with E-state index in [1.165, 1.54) is 31.5 Å². The maximum absolute atomic E-state index is 11.4. The molecule has 2 aliphatic rings. The van der Waals surface area contributed by atoms with Crippen LogP contribution in [-0.4, -0.2) is 47.9 Å². The topological polar surface area (TPSA) is 23.6 Å². The van der Waals surface area contributed by atoms with Crippen LogP contribution in [0, 0.1) is 0 Å². The number of hydrogen-bond donors (Lipinski definition) is 0. The Bertz CT molecular complexity index is 457. The van der Waals surface area contributed by atoms with Gasteiger partial charge in [0.2, 0.25) is 5.91 Å². The molecule has 0 bridgehead atoms. The van der Waals surface area contributed by atoms with Crippen LogP contribution >= 0.6 is 0 Å². The number of benzene rings is 1. The highest BCUT2D eigenvalue weighted by Crippen LogP contribution is 2.30. The molecule has 2 fully saturated rings. The van der Waals surface area contributed by atoms with Crippen LogP contribution in [0.2, 0.25) is 0 Å². The first-order valence-electron chi connectivity index (χ1n) is 8.28. The van der Waals surface area contributed by atoms with E-state index in [2.05, 4.69) is 35.2 Å². The first-order valence-corrected chi connectivity index (χ1v) is 8.28. The van der Waals surface area contributed by atoms with E-state index in [1.807, 2.05) is 4.90 Å². The van der Waals surface area contributed by atoms with Gasteiger partial charge in [-0.05, 0) is 50.3 Å². The van der Waals surface area contributed by atoms with Crippen molar-refractivity contribution in [1.82, 2.24) is 9.80 Å². The molecule has 1 aromatic carbocycles. The fourth-order valence-electron chi connectivity index (χ4n) is 3.87. The molecule has 1 amide bonds. The molecule has 3 heteroatoms. The van der Waals surface area contributed by atoms with Gasteiger partial charge in [-0.1, -0.05) is 30.3 Å². The second-order valence-corrected chi connectivity index (χ2v) is 6.46. The Morgan fingerprint density at radius 1 is 0.952 bits per heavy atom. The van der Waals surface area contributed by atoms with Crippen LogP contribution in [0.25, 0.3) is 0 Å². The zero-order valence-corrected chi connectivity index (χ0v) is 13.0. The average molecular weight is 286 g/mol. The minimum absolute atomic E-state index is 0.233. The molecule has 1 aromatic rings. The van der Waals surface area contributed by atoms with E-state index in [-0.39, 0.29) is 5.91 Å². The van der Waals surface area contributed by atoms with Gasteiger partial charge in [-0.3, -0.25) is 4.79 Å². The Hall–Kier alpha value is -1.35. The third-order valence-corrected chi connectivity index (χ3v) is 5.23. The molecular formula is C18H26N2O. The van der Waals surface area contributed by atoms with Crippen molar-refractivity contribution in [2.45, 2.75) is 44.6 Å². The van der Waals surface area contributed by atoms with E-state index in [0.29, 0.717) is 6.04 Å². The second-order valence-electron chi connectivity index (χ2n) is 6.46. The normalized spacial score (nSPS) is 22.4. The molecule has 0 spiro atoms. The Kier molecular flexibility index (Phi) is 4.59. The van der Waals surface area contributed by atoms with Crippen molar-refractivity contribution < 1.29 is 4.79 Å². The third-order valence-electron chi connectivity index (χ3n) is 5.23. The summed E-state index contributed by atoms with van der Waals surface area (Å²) in [5.41, 5.74) is 1.50. The van der Waals surface area contributed by atoms with Gasteiger partial charge in [0.05, 0.1) is 0 Å². The lowest BCUT2D eigenvalue weighted by atomic mass is 9.88. The van der Waals surface area contributed by atoms with Crippen molar-refractivity contribution in [3.8, 4) is 0 Å². The van der Waals surface area contributed by atoms with Crippen molar-refractivity contribution in [3.63, 3.8) is 0 Å². The summed E-state index contributed by atoms with van der Waals surface area (Å²) in [5, 5.41) is 0. The predicted octanol–water partition coefficient (Wildman–Crippen LogP) is 2.88. The molecule has 0 aliphatic carbocycles. The smallest absolute Gasteiger partial charge is 0.219 e. The zero-order valence-electron chi connectivity index (χ0n) is 13.0. The molecule has 0 saturated carbocycles. The molecule has 2 aliphatic heterocycles. The SMILES string of the molecule is CC(=O)N1CCC(N2CCC(c3ccccc3)CC2)CC1. The van der Waals surface area contributed by atoms with E-state index in [4.69, 9.17) is 0 Å². The number of piperidine rings is 2. The van der Waals surface area contributed by atoms with Gasteiger partial charge in [0.1, 0.15) is 0 Å². The number of amides is 1. The molecule has 114 valence electrons. The van der Waals surface area contributed by atoms with Crippen LogP contribution in [0.15, 0.2) is 30.3 Å². The Labute approximate surface area is 127 Å². The van der Waals surface area contributed by atoms with Gasteiger partial charge in [-0.2, -0.15) is 0 Å². The van der Waals surface area contributed by atoms with Gasteiger partial charge in [-0.25, -0.2) is 0 Å². The molecule has 21 heavy (non-hydrogen) atoms. The molecule has 0 unspecified atom stereocenters. The van der Waals surface area contributed by atoms with Crippen molar-refractivity contribution >= 4 is 5.91 Å². The Balaban J connectivity index is 1.49. The van der Waals surface area contributed by atoms with Crippen LogP contribution in [0.1, 0.15) is 44.1 Å². The number of nitrogens with zero attached hydrogens (tertiary/aromatic N) is 2.